The molecule has 1 N–H and O–H groups in total. The molecule has 128 valence electrons. The van der Waals surface area contributed by atoms with Crippen LogP contribution in [0, 0.1) is 13.8 Å². The van der Waals surface area contributed by atoms with Gasteiger partial charge in [0.2, 0.25) is 0 Å². The fourth-order valence-corrected chi connectivity index (χ4v) is 3.31. The molecule has 25 heavy (non-hydrogen) atoms. The number of nitrogens with zero attached hydrogens (tertiary/aromatic N) is 3. The standard InChI is InChI=1S/C19H20N4O2/c1-12-18(13(2)25-22-12)19(24)20-15-7-5-6-14(10-15)16-11-23-9-4-3-8-17(23)21-16/h5-7,10-11H,3-4,8-9H2,1-2H3,(H,20,24). The molecule has 0 saturated carbocycles. The highest BCUT2D eigenvalue weighted by atomic mass is 16.5. The van der Waals surface area contributed by atoms with Crippen molar-refractivity contribution >= 4 is 11.6 Å². The summed E-state index contributed by atoms with van der Waals surface area (Å²) in [7, 11) is 0. The monoisotopic (exact) mass is 336 g/mol. The third-order valence-corrected chi connectivity index (χ3v) is 4.59. The maximum Gasteiger partial charge on any atom is 0.261 e. The van der Waals surface area contributed by atoms with Crippen LogP contribution in [-0.2, 0) is 13.0 Å². The van der Waals surface area contributed by atoms with Crippen LogP contribution < -0.4 is 5.32 Å². The smallest absolute Gasteiger partial charge is 0.261 e. The van der Waals surface area contributed by atoms with E-state index in [4.69, 9.17) is 9.51 Å². The van der Waals surface area contributed by atoms with Gasteiger partial charge < -0.3 is 14.4 Å². The summed E-state index contributed by atoms with van der Waals surface area (Å²) in [5, 5.41) is 6.76. The second-order valence-corrected chi connectivity index (χ2v) is 6.43. The summed E-state index contributed by atoms with van der Waals surface area (Å²) < 4.78 is 7.30. The van der Waals surface area contributed by atoms with Crippen molar-refractivity contribution < 1.29 is 9.32 Å². The van der Waals surface area contributed by atoms with Gasteiger partial charge in [0.15, 0.2) is 0 Å². The van der Waals surface area contributed by atoms with Crippen LogP contribution in [0.25, 0.3) is 11.3 Å². The second kappa shape index (κ2) is 6.20. The summed E-state index contributed by atoms with van der Waals surface area (Å²) >= 11 is 0. The van der Waals surface area contributed by atoms with Crippen LogP contribution in [0.2, 0.25) is 0 Å². The van der Waals surface area contributed by atoms with E-state index in [0.717, 1.165) is 35.7 Å². The van der Waals surface area contributed by atoms with E-state index >= 15 is 0 Å². The van der Waals surface area contributed by atoms with Gasteiger partial charge in [-0.15, -0.1) is 0 Å². The molecule has 1 amide bonds. The normalized spacial score (nSPS) is 13.5. The Morgan fingerprint density at radius 1 is 1.28 bits per heavy atom. The van der Waals surface area contributed by atoms with Gasteiger partial charge in [0, 0.05) is 30.4 Å². The van der Waals surface area contributed by atoms with Gasteiger partial charge in [-0.3, -0.25) is 4.79 Å². The third kappa shape index (κ3) is 2.95. The number of nitrogens with one attached hydrogen (secondary N) is 1. The summed E-state index contributed by atoms with van der Waals surface area (Å²) in [5.41, 5.74) is 3.76. The number of hydrogen-bond donors (Lipinski definition) is 1. The molecule has 0 unspecified atom stereocenters. The van der Waals surface area contributed by atoms with Gasteiger partial charge in [-0.05, 0) is 38.8 Å². The first kappa shape index (κ1) is 15.6. The van der Waals surface area contributed by atoms with Crippen LogP contribution in [-0.4, -0.2) is 20.6 Å². The van der Waals surface area contributed by atoms with E-state index in [0.29, 0.717) is 17.0 Å². The lowest BCUT2D eigenvalue weighted by atomic mass is 10.1. The number of benzene rings is 1. The molecule has 0 atom stereocenters. The van der Waals surface area contributed by atoms with Crippen molar-refractivity contribution in [3.8, 4) is 11.3 Å². The minimum atomic E-state index is -0.211. The largest absolute Gasteiger partial charge is 0.361 e. The van der Waals surface area contributed by atoms with Crippen molar-refractivity contribution in [3.63, 3.8) is 0 Å². The molecular weight excluding hydrogens is 316 g/mol. The molecule has 0 aliphatic carbocycles. The first-order valence-corrected chi connectivity index (χ1v) is 8.52. The molecule has 3 heterocycles. The average molecular weight is 336 g/mol. The lowest BCUT2D eigenvalue weighted by Gasteiger charge is -2.11. The molecule has 0 saturated heterocycles. The number of hydrogen-bond acceptors (Lipinski definition) is 4. The van der Waals surface area contributed by atoms with Crippen LogP contribution >= 0.6 is 0 Å². The van der Waals surface area contributed by atoms with Crippen molar-refractivity contribution in [2.75, 3.05) is 5.32 Å². The first-order valence-electron chi connectivity index (χ1n) is 8.52. The molecule has 1 aromatic carbocycles. The third-order valence-electron chi connectivity index (χ3n) is 4.59. The van der Waals surface area contributed by atoms with Gasteiger partial charge in [0.05, 0.1) is 11.4 Å². The maximum atomic E-state index is 12.5. The van der Waals surface area contributed by atoms with E-state index in [2.05, 4.69) is 21.2 Å². The van der Waals surface area contributed by atoms with Crippen LogP contribution in [0.5, 0.6) is 0 Å². The quantitative estimate of drug-likeness (QED) is 0.791. The van der Waals surface area contributed by atoms with Crippen LogP contribution in [0.15, 0.2) is 35.0 Å². The van der Waals surface area contributed by atoms with E-state index < -0.39 is 0 Å². The lowest BCUT2D eigenvalue weighted by Crippen LogP contribution is -2.13. The van der Waals surface area contributed by atoms with Gasteiger partial charge in [-0.1, -0.05) is 17.3 Å². The second-order valence-electron chi connectivity index (χ2n) is 6.43. The Morgan fingerprint density at radius 3 is 2.92 bits per heavy atom. The zero-order chi connectivity index (χ0) is 17.4. The Bertz CT molecular complexity index is 896. The highest BCUT2D eigenvalue weighted by Gasteiger charge is 2.18. The minimum absolute atomic E-state index is 0.211. The van der Waals surface area contributed by atoms with Crippen molar-refractivity contribution in [3.05, 3.63) is 53.3 Å². The highest BCUT2D eigenvalue weighted by molar-refractivity contribution is 6.05. The zero-order valence-corrected chi connectivity index (χ0v) is 14.4. The van der Waals surface area contributed by atoms with Crippen LogP contribution in [0.4, 0.5) is 5.69 Å². The van der Waals surface area contributed by atoms with E-state index in [1.54, 1.807) is 13.8 Å². The molecule has 1 aliphatic rings. The molecule has 3 aromatic rings. The summed E-state index contributed by atoms with van der Waals surface area (Å²) in [6, 6.07) is 7.76. The van der Waals surface area contributed by atoms with Gasteiger partial charge in [0.25, 0.3) is 5.91 Å². The molecule has 6 nitrogen and oxygen atoms in total. The van der Waals surface area contributed by atoms with Crippen LogP contribution in [0.1, 0.15) is 40.5 Å². The Kier molecular flexibility index (Phi) is 3.87. The summed E-state index contributed by atoms with van der Waals surface area (Å²) in [6.45, 7) is 4.53. The van der Waals surface area contributed by atoms with Gasteiger partial charge in [-0.2, -0.15) is 0 Å². The number of aromatic nitrogens is 3. The Labute approximate surface area is 145 Å². The fraction of sp³-hybridized carbons (Fsp3) is 0.316. The van der Waals surface area contributed by atoms with Crippen molar-refractivity contribution in [1.82, 2.24) is 14.7 Å². The summed E-state index contributed by atoms with van der Waals surface area (Å²) in [5.74, 6) is 1.46. The molecule has 2 aromatic heterocycles. The first-order chi connectivity index (χ1) is 12.1. The molecule has 0 fully saturated rings. The van der Waals surface area contributed by atoms with Gasteiger partial charge in [-0.25, -0.2) is 4.98 Å². The number of carbonyl (C=O) groups excluding carboxylic acids is 1. The van der Waals surface area contributed by atoms with Crippen molar-refractivity contribution in [2.45, 2.75) is 39.7 Å². The molecule has 6 heteroatoms. The lowest BCUT2D eigenvalue weighted by molar-refractivity contribution is 0.102. The number of amides is 1. The maximum absolute atomic E-state index is 12.5. The Balaban J connectivity index is 1.59. The van der Waals surface area contributed by atoms with Crippen molar-refractivity contribution in [1.29, 1.82) is 0 Å². The highest BCUT2D eigenvalue weighted by Crippen LogP contribution is 2.25. The topological polar surface area (TPSA) is 73.0 Å². The number of aryl methyl sites for hydroxylation is 4. The van der Waals surface area contributed by atoms with Crippen molar-refractivity contribution in [2.24, 2.45) is 0 Å². The number of rotatable bonds is 3. The van der Waals surface area contributed by atoms with E-state index in [-0.39, 0.29) is 5.91 Å². The fourth-order valence-electron chi connectivity index (χ4n) is 3.31. The molecule has 0 bridgehead atoms. The predicted octanol–water partition coefficient (Wildman–Crippen LogP) is 3.74. The molecule has 4 rings (SSSR count). The number of fused-ring (bicyclic) bond motifs is 1. The number of imidazole rings is 1. The Morgan fingerprint density at radius 2 is 2.16 bits per heavy atom. The molecular formula is C19H20N4O2. The molecule has 1 aliphatic heterocycles. The SMILES string of the molecule is Cc1noc(C)c1C(=O)Nc1cccc(-c2cn3c(n2)CCCC3)c1. The van der Waals surface area contributed by atoms with Gasteiger partial charge >= 0.3 is 0 Å². The molecule has 0 spiro atoms. The summed E-state index contributed by atoms with van der Waals surface area (Å²) in [4.78, 5) is 17.2. The summed E-state index contributed by atoms with van der Waals surface area (Å²) in [6.07, 6.45) is 5.53. The molecule has 0 radical (unpaired) electrons. The zero-order valence-electron chi connectivity index (χ0n) is 14.4. The minimum Gasteiger partial charge on any atom is -0.361 e. The predicted molar refractivity (Wildman–Crippen MR) is 94.5 cm³/mol. The number of anilines is 1. The Hall–Kier alpha value is -2.89. The van der Waals surface area contributed by atoms with E-state index in [9.17, 15) is 4.79 Å². The van der Waals surface area contributed by atoms with Crippen LogP contribution in [0.3, 0.4) is 0 Å². The number of carbonyl (C=O) groups is 1. The van der Waals surface area contributed by atoms with E-state index in [1.165, 1.54) is 12.8 Å². The average Bonchev–Trinajstić information content (AvgIpc) is 3.18. The van der Waals surface area contributed by atoms with Gasteiger partial charge in [0.1, 0.15) is 17.1 Å². The van der Waals surface area contributed by atoms with E-state index in [1.807, 2.05) is 24.3 Å².